The fourth-order valence-corrected chi connectivity index (χ4v) is 3.94. The molecule has 0 spiro atoms. The highest BCUT2D eigenvalue weighted by atomic mass is 19.3. The largest absolute Gasteiger partial charge is 0.497 e. The fourth-order valence-electron chi connectivity index (χ4n) is 3.94. The Bertz CT molecular complexity index is 864. The summed E-state index contributed by atoms with van der Waals surface area (Å²) < 4.78 is 33.6. The van der Waals surface area contributed by atoms with E-state index in [-0.39, 0.29) is 5.69 Å². The van der Waals surface area contributed by atoms with E-state index in [1.54, 1.807) is 18.2 Å². The van der Waals surface area contributed by atoms with Crippen LogP contribution in [0, 0.1) is 17.8 Å². The molecule has 0 bridgehead atoms. The number of hydrogen-bond acceptors (Lipinski definition) is 3. The van der Waals surface area contributed by atoms with E-state index in [0.29, 0.717) is 29.1 Å². The van der Waals surface area contributed by atoms with E-state index in [9.17, 15) is 13.6 Å². The van der Waals surface area contributed by atoms with Gasteiger partial charge in [0.05, 0.1) is 24.1 Å². The van der Waals surface area contributed by atoms with Crippen molar-refractivity contribution in [2.45, 2.75) is 44.4 Å². The van der Waals surface area contributed by atoms with Crippen LogP contribution in [0.1, 0.15) is 44.2 Å². The Hall–Kier alpha value is -1.98. The van der Waals surface area contributed by atoms with Gasteiger partial charge in [-0.1, -0.05) is 19.8 Å². The fraction of sp³-hybridized carbons (Fsp3) is 0.579. The molecule has 0 aliphatic heterocycles. The monoisotopic (exact) mass is 348 g/mol. The Morgan fingerprint density at radius 1 is 1.36 bits per heavy atom. The maximum atomic E-state index is 14.2. The zero-order valence-corrected chi connectivity index (χ0v) is 14.4. The number of alkyl halides is 2. The van der Waals surface area contributed by atoms with E-state index in [2.05, 4.69) is 16.9 Å². The van der Waals surface area contributed by atoms with Crippen molar-refractivity contribution in [1.82, 2.24) is 9.97 Å². The van der Waals surface area contributed by atoms with Crippen molar-refractivity contribution >= 4 is 11.0 Å². The molecule has 3 unspecified atom stereocenters. The maximum Gasteiger partial charge on any atom is 0.270 e. The van der Waals surface area contributed by atoms with Crippen LogP contribution in [-0.2, 0) is 0 Å². The van der Waals surface area contributed by atoms with Crippen LogP contribution in [0.3, 0.4) is 0 Å². The van der Waals surface area contributed by atoms with Gasteiger partial charge in [0.1, 0.15) is 11.4 Å². The highest BCUT2D eigenvalue weighted by molar-refractivity contribution is 5.75. The van der Waals surface area contributed by atoms with E-state index >= 15 is 0 Å². The van der Waals surface area contributed by atoms with E-state index < -0.39 is 23.3 Å². The summed E-state index contributed by atoms with van der Waals surface area (Å²) in [5.41, 5.74) is 0.441. The number of nitrogens with zero attached hydrogens (tertiary/aromatic N) is 1. The molecule has 6 heteroatoms. The van der Waals surface area contributed by atoms with Gasteiger partial charge in [0.15, 0.2) is 0 Å². The van der Waals surface area contributed by atoms with Crippen molar-refractivity contribution in [1.29, 1.82) is 0 Å². The van der Waals surface area contributed by atoms with Crippen molar-refractivity contribution in [3.05, 3.63) is 34.2 Å². The smallest absolute Gasteiger partial charge is 0.270 e. The molecule has 4 rings (SSSR count). The van der Waals surface area contributed by atoms with E-state index in [1.165, 1.54) is 13.5 Å². The van der Waals surface area contributed by atoms with Gasteiger partial charge >= 0.3 is 0 Å². The first-order valence-electron chi connectivity index (χ1n) is 8.87. The van der Waals surface area contributed by atoms with Gasteiger partial charge in [-0.25, -0.2) is 13.8 Å². The summed E-state index contributed by atoms with van der Waals surface area (Å²) in [4.78, 5) is 19.2. The minimum atomic E-state index is -2.82. The van der Waals surface area contributed by atoms with Gasteiger partial charge in [-0.3, -0.25) is 4.79 Å². The summed E-state index contributed by atoms with van der Waals surface area (Å²) >= 11 is 0. The highest BCUT2D eigenvalue weighted by Crippen LogP contribution is 2.62. The first-order valence-corrected chi connectivity index (χ1v) is 8.87. The molecule has 1 N–H and O–H groups in total. The summed E-state index contributed by atoms with van der Waals surface area (Å²) in [7, 11) is 1.53. The van der Waals surface area contributed by atoms with Crippen molar-refractivity contribution < 1.29 is 13.5 Å². The molecule has 2 aliphatic carbocycles. The Morgan fingerprint density at radius 3 is 2.80 bits per heavy atom. The predicted molar refractivity (Wildman–Crippen MR) is 91.2 cm³/mol. The van der Waals surface area contributed by atoms with Crippen molar-refractivity contribution in [2.24, 2.45) is 17.8 Å². The lowest BCUT2D eigenvalue weighted by Crippen LogP contribution is -2.16. The highest BCUT2D eigenvalue weighted by Gasteiger charge is 2.69. The van der Waals surface area contributed by atoms with Crippen LogP contribution in [0.5, 0.6) is 5.75 Å². The lowest BCUT2D eigenvalue weighted by molar-refractivity contribution is 0.0905. The van der Waals surface area contributed by atoms with Gasteiger partial charge in [-0.15, -0.1) is 0 Å². The average molecular weight is 348 g/mol. The lowest BCUT2D eigenvalue weighted by atomic mass is 10.1. The Kier molecular flexibility index (Phi) is 3.81. The number of methoxy groups -OCH3 is 1. The number of rotatable bonds is 6. The lowest BCUT2D eigenvalue weighted by Gasteiger charge is -2.04. The first kappa shape index (κ1) is 16.5. The third-order valence-electron chi connectivity index (χ3n) is 5.79. The Balaban J connectivity index is 1.54. The minimum absolute atomic E-state index is 0.0348. The molecular formula is C19H22F2N2O2. The van der Waals surface area contributed by atoms with Gasteiger partial charge in [-0.2, -0.15) is 0 Å². The number of ether oxygens (including phenoxy) is 1. The predicted octanol–water partition coefficient (Wildman–Crippen LogP) is 4.11. The molecule has 2 fully saturated rings. The summed E-state index contributed by atoms with van der Waals surface area (Å²) in [6.45, 7) is 2.20. The Labute approximate surface area is 144 Å². The molecule has 0 amide bonds. The number of aromatic amines is 1. The molecule has 25 heavy (non-hydrogen) atoms. The van der Waals surface area contributed by atoms with Crippen LogP contribution < -0.4 is 10.3 Å². The van der Waals surface area contributed by atoms with E-state index in [1.807, 2.05) is 0 Å². The molecule has 0 radical (unpaired) electrons. The molecule has 2 aromatic rings. The number of halogens is 2. The number of hydrogen-bond donors (Lipinski definition) is 1. The van der Waals surface area contributed by atoms with Gasteiger partial charge in [0.25, 0.3) is 11.5 Å². The minimum Gasteiger partial charge on any atom is -0.497 e. The zero-order chi connectivity index (χ0) is 17.8. The zero-order valence-electron chi connectivity index (χ0n) is 14.4. The molecule has 134 valence electrons. The molecule has 1 aromatic carbocycles. The summed E-state index contributed by atoms with van der Waals surface area (Å²) in [6.07, 6.45) is 3.50. The summed E-state index contributed by atoms with van der Waals surface area (Å²) in [5, 5.41) is 0. The van der Waals surface area contributed by atoms with E-state index in [4.69, 9.17) is 4.74 Å². The summed E-state index contributed by atoms with van der Waals surface area (Å²) in [6, 6.07) is 5.03. The molecule has 1 heterocycles. The SMILES string of the molecule is COc1ccc2nc(C3C(CCC[C@@H]4CC4C)C3(F)F)c(=O)[nH]c2c1. The second-order valence-electron chi connectivity index (χ2n) is 7.50. The van der Waals surface area contributed by atoms with Crippen LogP contribution in [0.15, 0.2) is 23.0 Å². The molecule has 4 nitrogen and oxygen atoms in total. The molecular weight excluding hydrogens is 326 g/mol. The summed E-state index contributed by atoms with van der Waals surface area (Å²) in [5.74, 6) is -2.60. The topological polar surface area (TPSA) is 55.0 Å². The quantitative estimate of drug-likeness (QED) is 0.855. The van der Waals surface area contributed by atoms with Crippen LogP contribution >= 0.6 is 0 Å². The second-order valence-corrected chi connectivity index (χ2v) is 7.50. The van der Waals surface area contributed by atoms with Crippen LogP contribution in [0.2, 0.25) is 0 Å². The average Bonchev–Trinajstić information content (AvgIpc) is 3.42. The molecule has 0 saturated heterocycles. The molecule has 2 saturated carbocycles. The third kappa shape index (κ3) is 2.92. The van der Waals surface area contributed by atoms with Gasteiger partial charge < -0.3 is 9.72 Å². The number of benzene rings is 1. The van der Waals surface area contributed by atoms with E-state index in [0.717, 1.165) is 18.8 Å². The van der Waals surface area contributed by atoms with Crippen molar-refractivity contribution in [3.8, 4) is 5.75 Å². The van der Waals surface area contributed by atoms with Crippen LogP contribution in [0.25, 0.3) is 11.0 Å². The number of aromatic nitrogens is 2. The van der Waals surface area contributed by atoms with Crippen molar-refractivity contribution in [2.75, 3.05) is 7.11 Å². The normalized spacial score (nSPS) is 29.6. The standard InChI is InChI=1S/C19H22F2N2O2/c1-10-8-11(10)4-3-5-13-16(19(13,20)21)17-18(24)23-15-9-12(25-2)6-7-14(15)22-17/h6-7,9-11,13,16H,3-5,8H2,1-2H3,(H,23,24)/t10?,11-,13?,16?/m1/s1. The van der Waals surface area contributed by atoms with Crippen molar-refractivity contribution in [3.63, 3.8) is 0 Å². The second kappa shape index (κ2) is 5.78. The third-order valence-corrected chi connectivity index (χ3v) is 5.79. The first-order chi connectivity index (χ1) is 11.9. The van der Waals surface area contributed by atoms with Crippen LogP contribution in [0.4, 0.5) is 8.78 Å². The maximum absolute atomic E-state index is 14.2. The van der Waals surface area contributed by atoms with Gasteiger partial charge in [0.2, 0.25) is 0 Å². The van der Waals surface area contributed by atoms with Gasteiger partial charge in [-0.05, 0) is 36.8 Å². The molecule has 1 aromatic heterocycles. The van der Waals surface area contributed by atoms with Gasteiger partial charge in [0, 0.05) is 12.0 Å². The molecule has 4 atom stereocenters. The number of fused-ring (bicyclic) bond motifs is 1. The molecule has 2 aliphatic rings. The van der Waals surface area contributed by atoms with Crippen LogP contribution in [-0.4, -0.2) is 23.0 Å². The Morgan fingerprint density at radius 2 is 2.12 bits per heavy atom. The number of nitrogens with one attached hydrogen (secondary N) is 1. The number of H-pyrrole nitrogens is 1.